The fourth-order valence-corrected chi connectivity index (χ4v) is 3.23. The Morgan fingerprint density at radius 2 is 1.88 bits per heavy atom. The topological polar surface area (TPSA) is 106 Å². The summed E-state index contributed by atoms with van der Waals surface area (Å²) in [4.78, 5) is 4.27. The van der Waals surface area contributed by atoms with Gasteiger partial charge in [0.2, 0.25) is 10.0 Å². The van der Waals surface area contributed by atoms with Gasteiger partial charge < -0.3 is 15.8 Å². The second-order valence-corrected chi connectivity index (χ2v) is 7.74. The van der Waals surface area contributed by atoms with Crippen molar-refractivity contribution in [3.8, 4) is 5.75 Å². The van der Waals surface area contributed by atoms with E-state index in [1.54, 1.807) is 24.3 Å². The number of ether oxygens (including phenoxy) is 1. The van der Waals surface area contributed by atoms with Crippen molar-refractivity contribution in [1.82, 2.24) is 5.32 Å². The first-order valence-corrected chi connectivity index (χ1v) is 10.1. The van der Waals surface area contributed by atoms with Gasteiger partial charge in [-0.2, -0.15) is 0 Å². The Bertz CT molecular complexity index is 644. The third-order valence-electron chi connectivity index (χ3n) is 3.76. The predicted octanol–water partition coefficient (Wildman–Crippen LogP) is 2.29. The van der Waals surface area contributed by atoms with Crippen LogP contribution >= 0.6 is 24.0 Å². The average Bonchev–Trinajstić information content (AvgIpc) is 2.53. The molecule has 142 valence electrons. The van der Waals surface area contributed by atoms with E-state index >= 15 is 0 Å². The number of anilines is 1. The summed E-state index contributed by atoms with van der Waals surface area (Å²) < 4.78 is 30.2. The van der Waals surface area contributed by atoms with Gasteiger partial charge in [0.05, 0.1) is 12.8 Å². The van der Waals surface area contributed by atoms with Crippen LogP contribution in [0.5, 0.6) is 5.75 Å². The Kier molecular flexibility index (Phi) is 9.33. The first-order valence-electron chi connectivity index (χ1n) is 8.19. The van der Waals surface area contributed by atoms with E-state index in [1.165, 1.54) is 19.3 Å². The molecule has 4 N–H and O–H groups in total. The minimum atomic E-state index is -3.26. The van der Waals surface area contributed by atoms with Gasteiger partial charge >= 0.3 is 0 Å². The van der Waals surface area contributed by atoms with Gasteiger partial charge in [-0.3, -0.25) is 4.72 Å². The summed E-state index contributed by atoms with van der Waals surface area (Å²) in [5.74, 6) is 1.13. The first kappa shape index (κ1) is 21.8. The molecule has 7 nitrogen and oxygen atoms in total. The monoisotopic (exact) mass is 482 g/mol. The van der Waals surface area contributed by atoms with Gasteiger partial charge in [-0.15, -0.1) is 24.0 Å². The lowest BCUT2D eigenvalue weighted by molar-refractivity contribution is 0.328. The van der Waals surface area contributed by atoms with Crippen LogP contribution in [-0.2, 0) is 10.0 Å². The maximum absolute atomic E-state index is 11.1. The Balaban J connectivity index is 0.00000312. The third kappa shape index (κ3) is 9.15. The van der Waals surface area contributed by atoms with Crippen LogP contribution < -0.4 is 20.5 Å². The Labute approximate surface area is 166 Å². The molecule has 0 bridgehead atoms. The summed E-state index contributed by atoms with van der Waals surface area (Å²) >= 11 is 0. The van der Waals surface area contributed by atoms with Gasteiger partial charge in [0.1, 0.15) is 12.4 Å². The molecule has 0 spiro atoms. The number of nitrogens with zero attached hydrogens (tertiary/aromatic N) is 1. The van der Waals surface area contributed by atoms with Gasteiger partial charge in [0.15, 0.2) is 5.96 Å². The van der Waals surface area contributed by atoms with Gasteiger partial charge in [-0.1, -0.05) is 19.3 Å². The van der Waals surface area contributed by atoms with Gasteiger partial charge in [0, 0.05) is 11.7 Å². The van der Waals surface area contributed by atoms with E-state index in [1.807, 2.05) is 0 Å². The molecule has 9 heteroatoms. The molecule has 0 aromatic heterocycles. The quantitative estimate of drug-likeness (QED) is 0.239. The van der Waals surface area contributed by atoms with Crippen LogP contribution in [0.15, 0.2) is 29.3 Å². The number of sulfonamides is 1. The number of nitrogens with two attached hydrogens (primary N) is 1. The second kappa shape index (κ2) is 10.7. The minimum Gasteiger partial charge on any atom is -0.492 e. The summed E-state index contributed by atoms with van der Waals surface area (Å²) in [6.45, 7) is 0.876. The number of nitrogens with one attached hydrogen (secondary N) is 2. The molecule has 0 heterocycles. The van der Waals surface area contributed by atoms with Crippen LogP contribution in [0, 0.1) is 0 Å². The van der Waals surface area contributed by atoms with Gasteiger partial charge in [0.25, 0.3) is 0 Å². The molecular weight excluding hydrogens is 455 g/mol. The highest BCUT2D eigenvalue weighted by molar-refractivity contribution is 14.0. The number of aliphatic imine (C=N–C) groups is 1. The molecule has 1 aromatic rings. The zero-order valence-corrected chi connectivity index (χ0v) is 17.5. The molecule has 1 saturated carbocycles. The number of hydrogen-bond acceptors (Lipinski definition) is 4. The number of hydrogen-bond donors (Lipinski definition) is 3. The van der Waals surface area contributed by atoms with Crippen molar-refractivity contribution in [2.45, 2.75) is 38.1 Å². The van der Waals surface area contributed by atoms with Crippen molar-refractivity contribution < 1.29 is 13.2 Å². The molecule has 0 amide bonds. The summed E-state index contributed by atoms with van der Waals surface area (Å²) in [6.07, 6.45) is 7.22. The van der Waals surface area contributed by atoms with Crippen LogP contribution in [0.4, 0.5) is 5.69 Å². The number of halogens is 1. The van der Waals surface area contributed by atoms with Crippen LogP contribution in [0.1, 0.15) is 32.1 Å². The van der Waals surface area contributed by atoms with Crippen LogP contribution in [0.2, 0.25) is 0 Å². The molecule has 1 aromatic carbocycles. The van der Waals surface area contributed by atoms with Crippen LogP contribution in [0.25, 0.3) is 0 Å². The van der Waals surface area contributed by atoms with Crippen LogP contribution in [0.3, 0.4) is 0 Å². The van der Waals surface area contributed by atoms with Crippen molar-refractivity contribution in [1.29, 1.82) is 0 Å². The Morgan fingerprint density at radius 3 is 2.48 bits per heavy atom. The van der Waals surface area contributed by atoms with Crippen molar-refractivity contribution >= 4 is 45.6 Å². The van der Waals surface area contributed by atoms with Crippen molar-refractivity contribution in [2.75, 3.05) is 24.1 Å². The standard InChI is InChI=1S/C16H26N4O3S.HI/c1-24(21,22)20-14-7-9-15(10-8-14)23-12-11-18-16(17)19-13-5-3-2-4-6-13;/h7-10,13,20H,2-6,11-12H2,1H3,(H3,17,18,19);1H. The van der Waals surface area contributed by atoms with E-state index in [-0.39, 0.29) is 24.0 Å². The van der Waals surface area contributed by atoms with E-state index < -0.39 is 10.0 Å². The summed E-state index contributed by atoms with van der Waals surface area (Å²) in [6, 6.07) is 7.16. The Hall–Kier alpha value is -1.23. The number of benzene rings is 1. The molecule has 2 rings (SSSR count). The van der Waals surface area contributed by atoms with E-state index in [2.05, 4.69) is 15.0 Å². The highest BCUT2D eigenvalue weighted by Gasteiger charge is 2.13. The van der Waals surface area contributed by atoms with E-state index in [0.717, 1.165) is 19.1 Å². The van der Waals surface area contributed by atoms with Crippen molar-refractivity contribution in [3.63, 3.8) is 0 Å². The SMILES string of the molecule is CS(=O)(=O)Nc1ccc(OCCN=C(N)NC2CCCCC2)cc1.I. The van der Waals surface area contributed by atoms with Crippen molar-refractivity contribution in [3.05, 3.63) is 24.3 Å². The number of rotatable bonds is 7. The minimum absolute atomic E-state index is 0. The van der Waals surface area contributed by atoms with Gasteiger partial charge in [-0.25, -0.2) is 13.4 Å². The number of guanidine groups is 1. The summed E-state index contributed by atoms with van der Waals surface area (Å²) in [5.41, 5.74) is 6.38. The highest BCUT2D eigenvalue weighted by Crippen LogP contribution is 2.17. The van der Waals surface area contributed by atoms with E-state index in [4.69, 9.17) is 10.5 Å². The van der Waals surface area contributed by atoms with Crippen molar-refractivity contribution in [2.24, 2.45) is 10.7 Å². The molecule has 0 atom stereocenters. The third-order valence-corrected chi connectivity index (χ3v) is 4.36. The maximum atomic E-state index is 11.1. The summed E-state index contributed by atoms with van der Waals surface area (Å²) in [7, 11) is -3.26. The highest BCUT2D eigenvalue weighted by atomic mass is 127. The fraction of sp³-hybridized carbons (Fsp3) is 0.562. The molecule has 1 aliphatic carbocycles. The normalized spacial score (nSPS) is 16.0. The molecule has 0 saturated heterocycles. The van der Waals surface area contributed by atoms with Crippen LogP contribution in [-0.4, -0.2) is 39.8 Å². The van der Waals surface area contributed by atoms with Gasteiger partial charge in [-0.05, 0) is 37.1 Å². The smallest absolute Gasteiger partial charge is 0.229 e. The summed E-state index contributed by atoms with van der Waals surface area (Å²) in [5, 5.41) is 3.25. The largest absolute Gasteiger partial charge is 0.492 e. The Morgan fingerprint density at radius 1 is 1.24 bits per heavy atom. The molecule has 0 radical (unpaired) electrons. The molecular formula is C16H27IN4O3S. The maximum Gasteiger partial charge on any atom is 0.229 e. The second-order valence-electron chi connectivity index (χ2n) is 5.99. The lowest BCUT2D eigenvalue weighted by atomic mass is 9.96. The lowest BCUT2D eigenvalue weighted by Gasteiger charge is -2.23. The average molecular weight is 482 g/mol. The molecule has 1 aliphatic rings. The fourth-order valence-electron chi connectivity index (χ4n) is 2.66. The predicted molar refractivity (Wildman–Crippen MR) is 112 cm³/mol. The lowest BCUT2D eigenvalue weighted by Crippen LogP contribution is -2.41. The first-order chi connectivity index (χ1) is 11.4. The van der Waals surface area contributed by atoms with E-state index in [0.29, 0.717) is 36.6 Å². The molecule has 0 unspecified atom stereocenters. The zero-order chi connectivity index (χ0) is 17.4. The molecule has 25 heavy (non-hydrogen) atoms. The molecule has 1 fully saturated rings. The molecule has 0 aliphatic heterocycles. The zero-order valence-electron chi connectivity index (χ0n) is 14.4. The van der Waals surface area contributed by atoms with E-state index in [9.17, 15) is 8.42 Å².